The number of allylic oxidation sites excluding steroid dienone is 1. The molecule has 1 N–H and O–H groups in total. The largest absolute Gasteiger partial charge is 0.504 e. The third-order valence-electron chi connectivity index (χ3n) is 3.33. The van der Waals surface area contributed by atoms with Crippen molar-refractivity contribution in [3.8, 4) is 11.5 Å². The Morgan fingerprint density at radius 3 is 2.65 bits per heavy atom. The SMILES string of the molecule is C=CCc1cc(C=C2SC(=O)N(CC)C2=O)cc(OCC)c1O. The van der Waals surface area contributed by atoms with Gasteiger partial charge in [0, 0.05) is 12.1 Å². The fourth-order valence-corrected chi connectivity index (χ4v) is 3.18. The molecule has 1 aromatic carbocycles. The molecule has 1 heterocycles. The molecule has 0 aromatic heterocycles. The first-order valence-electron chi connectivity index (χ1n) is 7.36. The lowest BCUT2D eigenvalue weighted by molar-refractivity contribution is -0.122. The molecule has 0 radical (unpaired) electrons. The summed E-state index contributed by atoms with van der Waals surface area (Å²) < 4.78 is 5.44. The van der Waals surface area contributed by atoms with Gasteiger partial charge in [-0.05, 0) is 55.8 Å². The van der Waals surface area contributed by atoms with Crippen LogP contribution in [0.3, 0.4) is 0 Å². The van der Waals surface area contributed by atoms with Crippen LogP contribution in [0.2, 0.25) is 0 Å². The lowest BCUT2D eigenvalue weighted by Crippen LogP contribution is -2.27. The topological polar surface area (TPSA) is 66.8 Å². The van der Waals surface area contributed by atoms with Gasteiger partial charge in [0.1, 0.15) is 0 Å². The highest BCUT2D eigenvalue weighted by Crippen LogP contribution is 2.36. The van der Waals surface area contributed by atoms with Crippen LogP contribution in [0.5, 0.6) is 11.5 Å². The van der Waals surface area contributed by atoms with Crippen molar-refractivity contribution in [2.45, 2.75) is 20.3 Å². The molecule has 5 nitrogen and oxygen atoms in total. The Labute approximate surface area is 139 Å². The van der Waals surface area contributed by atoms with E-state index in [9.17, 15) is 14.7 Å². The van der Waals surface area contributed by atoms with Gasteiger partial charge < -0.3 is 9.84 Å². The second-order valence-corrected chi connectivity index (χ2v) is 5.87. The number of hydrogen-bond acceptors (Lipinski definition) is 5. The third-order valence-corrected chi connectivity index (χ3v) is 4.24. The number of carbonyl (C=O) groups is 2. The Bertz CT molecular complexity index is 681. The van der Waals surface area contributed by atoms with Gasteiger partial charge in [0.25, 0.3) is 11.1 Å². The van der Waals surface area contributed by atoms with Gasteiger partial charge in [-0.1, -0.05) is 6.08 Å². The maximum Gasteiger partial charge on any atom is 0.293 e. The summed E-state index contributed by atoms with van der Waals surface area (Å²) in [5.41, 5.74) is 1.36. The number of phenolic OH excluding ortho intramolecular Hbond substituents is 1. The van der Waals surface area contributed by atoms with Crippen molar-refractivity contribution in [2.75, 3.05) is 13.2 Å². The van der Waals surface area contributed by atoms with E-state index in [2.05, 4.69) is 6.58 Å². The molecule has 1 aliphatic rings. The van der Waals surface area contributed by atoms with Crippen molar-refractivity contribution in [1.82, 2.24) is 4.90 Å². The fraction of sp³-hybridized carbons (Fsp3) is 0.294. The van der Waals surface area contributed by atoms with Gasteiger partial charge in [0.2, 0.25) is 0 Å². The zero-order valence-corrected chi connectivity index (χ0v) is 14.0. The van der Waals surface area contributed by atoms with Crippen LogP contribution in [0.25, 0.3) is 6.08 Å². The Balaban J connectivity index is 2.43. The summed E-state index contributed by atoms with van der Waals surface area (Å²) in [6, 6.07) is 3.42. The van der Waals surface area contributed by atoms with E-state index in [0.29, 0.717) is 41.4 Å². The minimum atomic E-state index is -0.293. The third kappa shape index (κ3) is 3.59. The first kappa shape index (κ1) is 17.1. The molecule has 0 spiro atoms. The van der Waals surface area contributed by atoms with Gasteiger partial charge in [-0.25, -0.2) is 0 Å². The van der Waals surface area contributed by atoms with Crippen LogP contribution in [-0.4, -0.2) is 34.3 Å². The number of thioether (sulfide) groups is 1. The van der Waals surface area contributed by atoms with Crippen LogP contribution < -0.4 is 4.74 Å². The maximum atomic E-state index is 12.2. The maximum absolute atomic E-state index is 12.2. The summed E-state index contributed by atoms with van der Waals surface area (Å²) in [6.45, 7) is 8.02. The lowest BCUT2D eigenvalue weighted by Gasteiger charge is -2.11. The quantitative estimate of drug-likeness (QED) is 0.637. The van der Waals surface area contributed by atoms with Crippen molar-refractivity contribution >= 4 is 29.0 Å². The molecule has 2 amide bonds. The summed E-state index contributed by atoms with van der Waals surface area (Å²) in [4.78, 5) is 25.5. The van der Waals surface area contributed by atoms with Crippen molar-refractivity contribution in [3.05, 3.63) is 40.8 Å². The number of carbonyl (C=O) groups excluding carboxylic acids is 2. The number of benzene rings is 1. The predicted molar refractivity (Wildman–Crippen MR) is 91.5 cm³/mol. The molecule has 0 saturated carbocycles. The average Bonchev–Trinajstić information content (AvgIpc) is 2.78. The minimum Gasteiger partial charge on any atom is -0.504 e. The van der Waals surface area contributed by atoms with Gasteiger partial charge in [0.15, 0.2) is 11.5 Å². The molecule has 1 fully saturated rings. The van der Waals surface area contributed by atoms with E-state index in [-0.39, 0.29) is 16.9 Å². The molecule has 1 aliphatic heterocycles. The van der Waals surface area contributed by atoms with Gasteiger partial charge in [0.05, 0.1) is 11.5 Å². The molecule has 0 unspecified atom stereocenters. The smallest absolute Gasteiger partial charge is 0.293 e. The van der Waals surface area contributed by atoms with Crippen LogP contribution in [0.1, 0.15) is 25.0 Å². The normalized spacial score (nSPS) is 16.3. The van der Waals surface area contributed by atoms with E-state index in [1.807, 2.05) is 6.92 Å². The van der Waals surface area contributed by atoms with Gasteiger partial charge >= 0.3 is 0 Å². The average molecular weight is 333 g/mol. The van der Waals surface area contributed by atoms with E-state index in [1.54, 1.807) is 31.2 Å². The molecule has 1 aromatic rings. The summed E-state index contributed by atoms with van der Waals surface area (Å²) in [7, 11) is 0. The van der Waals surface area contributed by atoms with Gasteiger partial charge in [-0.3, -0.25) is 14.5 Å². The molecule has 6 heteroatoms. The molecule has 23 heavy (non-hydrogen) atoms. The standard InChI is InChI=1S/C17H19NO4S/c1-4-7-12-8-11(9-13(15(12)19)22-6-3)10-14-16(20)18(5-2)17(21)23-14/h4,8-10,19H,1,5-7H2,2-3H3. The molecule has 1 saturated heterocycles. The first-order chi connectivity index (χ1) is 11.0. The van der Waals surface area contributed by atoms with Crippen molar-refractivity contribution in [3.63, 3.8) is 0 Å². The Kier molecular flexibility index (Phi) is 5.50. The van der Waals surface area contributed by atoms with Crippen LogP contribution in [-0.2, 0) is 11.2 Å². The van der Waals surface area contributed by atoms with Gasteiger partial charge in [-0.15, -0.1) is 6.58 Å². The number of amides is 2. The second-order valence-electron chi connectivity index (χ2n) is 4.88. The van der Waals surface area contributed by atoms with E-state index in [4.69, 9.17) is 4.74 Å². The molecule has 0 atom stereocenters. The summed E-state index contributed by atoms with van der Waals surface area (Å²) in [5, 5.41) is 9.92. The number of imide groups is 1. The van der Waals surface area contributed by atoms with E-state index >= 15 is 0 Å². The first-order valence-corrected chi connectivity index (χ1v) is 8.18. The number of hydrogen-bond donors (Lipinski definition) is 1. The van der Waals surface area contributed by atoms with Gasteiger partial charge in [-0.2, -0.15) is 0 Å². The summed E-state index contributed by atoms with van der Waals surface area (Å²) in [6.07, 6.45) is 3.80. The van der Waals surface area contributed by atoms with Crippen molar-refractivity contribution in [1.29, 1.82) is 0 Å². The number of aromatic hydroxyl groups is 1. The lowest BCUT2D eigenvalue weighted by atomic mass is 10.1. The van der Waals surface area contributed by atoms with E-state index in [1.165, 1.54) is 4.90 Å². The number of likely N-dealkylation sites (N-methyl/N-ethyl adjacent to an activating group) is 1. The molecule has 0 aliphatic carbocycles. The predicted octanol–water partition coefficient (Wildman–Crippen LogP) is 3.58. The number of nitrogens with zero attached hydrogens (tertiary/aromatic N) is 1. The summed E-state index contributed by atoms with van der Waals surface area (Å²) >= 11 is 0.919. The number of rotatable bonds is 6. The van der Waals surface area contributed by atoms with Crippen LogP contribution >= 0.6 is 11.8 Å². The van der Waals surface area contributed by atoms with Crippen molar-refractivity contribution in [2.24, 2.45) is 0 Å². The van der Waals surface area contributed by atoms with Crippen LogP contribution in [0.15, 0.2) is 29.7 Å². The minimum absolute atomic E-state index is 0.0746. The van der Waals surface area contributed by atoms with Crippen molar-refractivity contribution < 1.29 is 19.4 Å². The summed E-state index contributed by atoms with van der Waals surface area (Å²) in [5.74, 6) is 0.136. The zero-order chi connectivity index (χ0) is 17.0. The second kappa shape index (κ2) is 7.37. The number of ether oxygens (including phenoxy) is 1. The van der Waals surface area contributed by atoms with Crippen LogP contribution in [0.4, 0.5) is 4.79 Å². The fourth-order valence-electron chi connectivity index (χ4n) is 2.27. The van der Waals surface area contributed by atoms with E-state index in [0.717, 1.165) is 11.8 Å². The Morgan fingerprint density at radius 1 is 1.35 bits per heavy atom. The Hall–Kier alpha value is -2.21. The highest BCUT2D eigenvalue weighted by Gasteiger charge is 2.33. The molecule has 0 bridgehead atoms. The highest BCUT2D eigenvalue weighted by molar-refractivity contribution is 8.18. The zero-order valence-electron chi connectivity index (χ0n) is 13.2. The highest BCUT2D eigenvalue weighted by atomic mass is 32.2. The van der Waals surface area contributed by atoms with Crippen LogP contribution in [0, 0.1) is 0 Å². The molecular formula is C17H19NO4S. The Morgan fingerprint density at radius 2 is 2.09 bits per heavy atom. The molecule has 122 valence electrons. The molecular weight excluding hydrogens is 314 g/mol. The monoisotopic (exact) mass is 333 g/mol. The number of phenols is 1. The molecule has 2 rings (SSSR count). The van der Waals surface area contributed by atoms with E-state index < -0.39 is 0 Å².